The maximum atomic E-state index is 14.4. The van der Waals surface area contributed by atoms with Crippen LogP contribution in [0.1, 0.15) is 100 Å². The van der Waals surface area contributed by atoms with Gasteiger partial charge in [0.05, 0.1) is 5.52 Å². The van der Waals surface area contributed by atoms with E-state index in [-0.39, 0.29) is 36.1 Å². The smallest absolute Gasteiger partial charge is 0.318 e. The average molecular weight is 809 g/mol. The maximum Gasteiger partial charge on any atom is 0.318 e. The van der Waals surface area contributed by atoms with Gasteiger partial charge in [-0.05, 0) is 99.8 Å². The van der Waals surface area contributed by atoms with Gasteiger partial charge in [0.2, 0.25) is 5.91 Å². The van der Waals surface area contributed by atoms with Crippen molar-refractivity contribution in [3.63, 3.8) is 0 Å². The van der Waals surface area contributed by atoms with Gasteiger partial charge in [-0.2, -0.15) is 5.10 Å². The van der Waals surface area contributed by atoms with Gasteiger partial charge in [0.25, 0.3) is 5.56 Å². The number of piperidine rings is 2. The second kappa shape index (κ2) is 20.0. The Hall–Kier alpha value is -4.75. The second-order valence-corrected chi connectivity index (χ2v) is 17.2. The van der Waals surface area contributed by atoms with Crippen LogP contribution in [0.5, 0.6) is 0 Å². The van der Waals surface area contributed by atoms with E-state index in [0.717, 1.165) is 96.8 Å². The molecule has 13 heteroatoms. The highest BCUT2D eigenvalue weighted by atomic mass is 16.5. The van der Waals surface area contributed by atoms with Crippen LogP contribution < -0.4 is 10.9 Å². The number of hydrogen-bond donors (Lipinski definition) is 2. The molecule has 0 spiro atoms. The van der Waals surface area contributed by atoms with Crippen molar-refractivity contribution in [1.82, 2.24) is 39.7 Å². The van der Waals surface area contributed by atoms with E-state index in [0.29, 0.717) is 57.9 Å². The number of benzene rings is 2. The summed E-state index contributed by atoms with van der Waals surface area (Å²) < 4.78 is 7.22. The number of urea groups is 1. The van der Waals surface area contributed by atoms with Crippen molar-refractivity contribution in [3.05, 3.63) is 75.7 Å². The van der Waals surface area contributed by atoms with E-state index in [1.807, 2.05) is 60.5 Å². The number of aryl methyl sites for hydroxylation is 1. The third-order valence-corrected chi connectivity index (χ3v) is 12.9. The highest BCUT2D eigenvalue weighted by Crippen LogP contribution is 2.28. The van der Waals surface area contributed by atoms with Gasteiger partial charge in [-0.3, -0.25) is 19.3 Å². The Morgan fingerprint density at radius 2 is 1.59 bits per heavy atom. The number of para-hydroxylation sites is 1. The van der Waals surface area contributed by atoms with Gasteiger partial charge < -0.3 is 29.7 Å². The molecule has 0 bridgehead atoms. The third-order valence-electron chi connectivity index (χ3n) is 12.9. The van der Waals surface area contributed by atoms with E-state index in [4.69, 9.17) is 9.84 Å². The van der Waals surface area contributed by atoms with Gasteiger partial charge in [-0.25, -0.2) is 9.48 Å². The van der Waals surface area contributed by atoms with Gasteiger partial charge in [0.1, 0.15) is 6.04 Å². The summed E-state index contributed by atoms with van der Waals surface area (Å²) >= 11 is 0. The van der Waals surface area contributed by atoms with E-state index in [9.17, 15) is 19.2 Å². The van der Waals surface area contributed by atoms with Gasteiger partial charge in [0.15, 0.2) is 6.73 Å². The van der Waals surface area contributed by atoms with Gasteiger partial charge in [-0.15, -0.1) is 0 Å². The minimum atomic E-state index is -0.756. The number of amides is 3. The highest BCUT2D eigenvalue weighted by molar-refractivity contribution is 5.88. The first-order valence-electron chi connectivity index (χ1n) is 22.2. The average Bonchev–Trinajstić information content (AvgIpc) is 3.67. The SMILES string of the molecule is CCCCCCCCC(=O)OCn1cc2cc(C[C@@H](NC(=O)N3CCC(c4cc5ccccc5[nH]c4=O)CC3)C(=O)N3CCN(C4CCN(C)CC4)CC3)cc(C)c2n1. The maximum absolute atomic E-state index is 14.4. The number of carbonyl (C=O) groups is 3. The lowest BCUT2D eigenvalue weighted by molar-refractivity contribution is -0.148. The number of pyridine rings is 1. The summed E-state index contributed by atoms with van der Waals surface area (Å²) in [5.74, 6) is -0.233. The predicted octanol–water partition coefficient (Wildman–Crippen LogP) is 6.18. The molecule has 4 aromatic rings. The number of nitrogens with zero attached hydrogens (tertiary/aromatic N) is 6. The van der Waals surface area contributed by atoms with E-state index >= 15 is 0 Å². The molecule has 0 saturated carbocycles. The molecule has 3 aliphatic heterocycles. The molecule has 2 aromatic carbocycles. The first-order chi connectivity index (χ1) is 28.6. The molecular weight excluding hydrogens is 745 g/mol. The number of H-pyrrole nitrogens is 1. The fraction of sp³-hybridized carbons (Fsp3) is 0.587. The molecule has 0 radical (unpaired) electrons. The number of hydrogen-bond acceptors (Lipinski definition) is 8. The van der Waals surface area contributed by atoms with E-state index in [1.165, 1.54) is 19.3 Å². The molecule has 3 saturated heterocycles. The van der Waals surface area contributed by atoms with Crippen LogP contribution in [-0.4, -0.2) is 124 Å². The molecule has 3 fully saturated rings. The summed E-state index contributed by atoms with van der Waals surface area (Å²) in [6.07, 6.45) is 12.9. The molecule has 3 amide bonds. The molecule has 2 N–H and O–H groups in total. The lowest BCUT2D eigenvalue weighted by Gasteiger charge is -2.43. The molecule has 3 aliphatic rings. The number of aromatic amines is 1. The van der Waals surface area contributed by atoms with Crippen LogP contribution in [-0.2, 0) is 27.5 Å². The van der Waals surface area contributed by atoms with Crippen molar-refractivity contribution in [2.45, 2.75) is 116 Å². The minimum Gasteiger partial charge on any atom is -0.442 e. The molecule has 1 atom stereocenters. The number of rotatable bonds is 15. The molecule has 0 aliphatic carbocycles. The Morgan fingerprint density at radius 1 is 0.864 bits per heavy atom. The quantitative estimate of drug-likeness (QED) is 0.108. The van der Waals surface area contributed by atoms with E-state index < -0.39 is 6.04 Å². The zero-order valence-electron chi connectivity index (χ0n) is 35.4. The Kier molecular flexibility index (Phi) is 14.4. The van der Waals surface area contributed by atoms with E-state index in [2.05, 4.69) is 34.1 Å². The number of nitrogens with one attached hydrogen (secondary N) is 2. The van der Waals surface area contributed by atoms with Crippen molar-refractivity contribution >= 4 is 39.7 Å². The minimum absolute atomic E-state index is 0.0464. The highest BCUT2D eigenvalue weighted by Gasteiger charge is 2.34. The normalized spacial score (nSPS) is 18.1. The largest absolute Gasteiger partial charge is 0.442 e. The van der Waals surface area contributed by atoms with Crippen LogP contribution in [0.25, 0.3) is 21.8 Å². The number of esters is 1. The van der Waals surface area contributed by atoms with Crippen LogP contribution in [0.3, 0.4) is 0 Å². The topological polar surface area (TPSA) is 136 Å². The van der Waals surface area contributed by atoms with Crippen molar-refractivity contribution in [3.8, 4) is 0 Å². The second-order valence-electron chi connectivity index (χ2n) is 17.2. The van der Waals surface area contributed by atoms with Gasteiger partial charge in [-0.1, -0.05) is 63.3 Å². The molecule has 5 heterocycles. The third kappa shape index (κ3) is 10.9. The number of aromatic nitrogens is 3. The number of unbranched alkanes of at least 4 members (excludes halogenated alkanes) is 5. The molecular formula is C46H64N8O5. The number of piperazine rings is 1. The van der Waals surface area contributed by atoms with Crippen molar-refractivity contribution in [1.29, 1.82) is 0 Å². The fourth-order valence-corrected chi connectivity index (χ4v) is 9.31. The lowest BCUT2D eigenvalue weighted by Crippen LogP contribution is -2.59. The van der Waals surface area contributed by atoms with Gasteiger partial charge >= 0.3 is 12.0 Å². The Bertz CT molecular complexity index is 2110. The zero-order valence-corrected chi connectivity index (χ0v) is 35.4. The molecule has 2 aromatic heterocycles. The van der Waals surface area contributed by atoms with Crippen LogP contribution >= 0.6 is 0 Å². The predicted molar refractivity (Wildman–Crippen MR) is 231 cm³/mol. The van der Waals surface area contributed by atoms with Crippen LogP contribution in [0.4, 0.5) is 4.79 Å². The molecule has 318 valence electrons. The first kappa shape index (κ1) is 42.4. The number of fused-ring (bicyclic) bond motifs is 2. The zero-order chi connectivity index (χ0) is 41.3. The Labute approximate surface area is 348 Å². The number of ether oxygens (including phenoxy) is 1. The Balaban J connectivity index is 1.01. The summed E-state index contributed by atoms with van der Waals surface area (Å²) in [5, 5.41) is 9.77. The van der Waals surface area contributed by atoms with Crippen LogP contribution in [0.2, 0.25) is 0 Å². The molecule has 13 nitrogen and oxygen atoms in total. The summed E-state index contributed by atoms with van der Waals surface area (Å²) in [4.78, 5) is 65.6. The van der Waals surface area contributed by atoms with E-state index in [1.54, 1.807) is 9.58 Å². The Morgan fingerprint density at radius 3 is 2.36 bits per heavy atom. The summed E-state index contributed by atoms with van der Waals surface area (Å²) in [6.45, 7) is 10.3. The summed E-state index contributed by atoms with van der Waals surface area (Å²) in [6, 6.07) is 13.4. The van der Waals surface area contributed by atoms with Crippen LogP contribution in [0, 0.1) is 6.92 Å². The lowest BCUT2D eigenvalue weighted by atomic mass is 9.89. The number of likely N-dealkylation sites (tertiary alicyclic amines) is 2. The molecule has 7 rings (SSSR count). The van der Waals surface area contributed by atoms with Crippen molar-refractivity contribution < 1.29 is 19.1 Å². The van der Waals surface area contributed by atoms with Crippen molar-refractivity contribution in [2.75, 3.05) is 59.4 Å². The monoisotopic (exact) mass is 808 g/mol. The standard InChI is InChI=1S/C46H64N8O5/c1-4-5-6-7-8-9-14-42(55)59-32-54-31-37-28-34(27-33(2)43(37)49-54)29-41(45(57)52-25-23-51(24-26-52)38-17-19-50(3)20-18-38)48-46(58)53-21-15-35(16-22-53)39-30-36-12-10-11-13-40(36)47-44(39)56/h10-13,27-28,30-31,35,38,41H,4-9,14-26,29,32H2,1-3H3,(H,47,56)(H,48,58)/t41-/m1/s1. The van der Waals surface area contributed by atoms with Crippen LogP contribution in [0.15, 0.2) is 53.5 Å². The molecule has 0 unspecified atom stereocenters. The fourth-order valence-electron chi connectivity index (χ4n) is 9.31. The first-order valence-corrected chi connectivity index (χ1v) is 22.2. The van der Waals surface area contributed by atoms with Gasteiger partial charge in [0, 0.05) is 80.8 Å². The summed E-state index contributed by atoms with van der Waals surface area (Å²) in [7, 11) is 2.18. The number of carbonyl (C=O) groups excluding carboxylic acids is 3. The molecule has 59 heavy (non-hydrogen) atoms. The van der Waals surface area contributed by atoms with Crippen molar-refractivity contribution in [2.24, 2.45) is 0 Å². The summed E-state index contributed by atoms with van der Waals surface area (Å²) in [5.41, 5.74) is 4.19.